The molecule has 0 radical (unpaired) electrons. The highest BCUT2D eigenvalue weighted by atomic mass is 15.3. The number of hydrogen-bond donors (Lipinski definition) is 2. The number of nitriles is 1. The maximum absolute atomic E-state index is 9.18. The fraction of sp³-hybridized carbons (Fsp3) is 0.217. The summed E-state index contributed by atoms with van der Waals surface area (Å²) < 4.78 is 1.88. The highest BCUT2D eigenvalue weighted by Crippen LogP contribution is 2.45. The molecule has 0 aliphatic heterocycles. The summed E-state index contributed by atoms with van der Waals surface area (Å²) >= 11 is 0. The van der Waals surface area contributed by atoms with Crippen molar-refractivity contribution in [3.05, 3.63) is 71.6 Å². The Morgan fingerprint density at radius 1 is 1.43 bits per heavy atom. The Bertz CT molecular complexity index is 1100. The van der Waals surface area contributed by atoms with Gasteiger partial charge in [-0.3, -0.25) is 4.68 Å². The van der Waals surface area contributed by atoms with Crippen molar-refractivity contribution in [2.24, 2.45) is 13.0 Å². The maximum Gasteiger partial charge on any atom is 0.0992 e. The maximum atomic E-state index is 9.18. The third kappa shape index (κ3) is 3.14. The quantitative estimate of drug-likeness (QED) is 0.747. The molecule has 2 aliphatic rings. The van der Waals surface area contributed by atoms with Gasteiger partial charge in [0.05, 0.1) is 40.1 Å². The van der Waals surface area contributed by atoms with Crippen molar-refractivity contribution >= 4 is 28.2 Å². The number of hydrogen-bond acceptors (Lipinski definition) is 4. The van der Waals surface area contributed by atoms with E-state index in [2.05, 4.69) is 49.2 Å². The summed E-state index contributed by atoms with van der Waals surface area (Å²) in [5.74, 6) is 0.446. The first-order chi connectivity index (χ1) is 13.5. The molecule has 140 valence electrons. The van der Waals surface area contributed by atoms with Crippen LogP contribution < -0.4 is 11.1 Å². The predicted octanol–water partition coefficient (Wildman–Crippen LogP) is 4.72. The smallest absolute Gasteiger partial charge is 0.0992 e. The van der Waals surface area contributed by atoms with Crippen molar-refractivity contribution in [1.29, 1.82) is 5.26 Å². The van der Waals surface area contributed by atoms with Gasteiger partial charge in [-0.05, 0) is 42.2 Å². The van der Waals surface area contributed by atoms with E-state index in [0.29, 0.717) is 28.6 Å². The van der Waals surface area contributed by atoms with Gasteiger partial charge in [-0.1, -0.05) is 37.8 Å². The Morgan fingerprint density at radius 2 is 2.21 bits per heavy atom. The third-order valence-electron chi connectivity index (χ3n) is 5.22. The van der Waals surface area contributed by atoms with E-state index < -0.39 is 0 Å². The van der Waals surface area contributed by atoms with Gasteiger partial charge in [0.1, 0.15) is 0 Å². The lowest BCUT2D eigenvalue weighted by Gasteiger charge is -2.14. The highest BCUT2D eigenvalue weighted by Gasteiger charge is 2.31. The Balaban J connectivity index is 1.75. The predicted molar refractivity (Wildman–Crippen MR) is 115 cm³/mol. The third-order valence-corrected chi connectivity index (χ3v) is 5.22. The number of benzene rings is 1. The molecule has 4 rings (SSSR count). The van der Waals surface area contributed by atoms with Crippen LogP contribution in [-0.2, 0) is 7.05 Å². The molecule has 3 N–H and O–H groups in total. The first kappa shape index (κ1) is 17.9. The van der Waals surface area contributed by atoms with E-state index >= 15 is 0 Å². The minimum Gasteiger partial charge on any atom is -0.397 e. The summed E-state index contributed by atoms with van der Waals surface area (Å²) in [4.78, 5) is 0. The molecule has 1 heterocycles. The number of nitrogen functional groups attached to an aromatic ring is 1. The summed E-state index contributed by atoms with van der Waals surface area (Å²) in [5.41, 5.74) is 14.3. The van der Waals surface area contributed by atoms with Crippen LogP contribution in [0.1, 0.15) is 42.3 Å². The fourth-order valence-electron chi connectivity index (χ4n) is 3.66. The van der Waals surface area contributed by atoms with E-state index in [9.17, 15) is 5.26 Å². The molecule has 1 unspecified atom stereocenters. The Kier molecular flexibility index (Phi) is 4.40. The summed E-state index contributed by atoms with van der Waals surface area (Å²) in [7, 11) is 1.94. The van der Waals surface area contributed by atoms with Crippen molar-refractivity contribution in [1.82, 2.24) is 9.78 Å². The molecule has 5 heteroatoms. The SMILES string of the molecule is C=C(Nc1cc(C#N)ccc1N)c1c(C2=CC2C)c(C2=CC=CCC2)nn1C. The summed E-state index contributed by atoms with van der Waals surface area (Å²) in [6, 6.07) is 7.32. The summed E-state index contributed by atoms with van der Waals surface area (Å²) in [6.07, 6.45) is 10.7. The van der Waals surface area contributed by atoms with Crippen LogP contribution in [0.3, 0.4) is 0 Å². The van der Waals surface area contributed by atoms with Gasteiger partial charge in [-0.15, -0.1) is 0 Å². The Morgan fingerprint density at radius 3 is 2.86 bits per heavy atom. The van der Waals surface area contributed by atoms with E-state index in [0.717, 1.165) is 29.8 Å². The molecule has 0 amide bonds. The molecule has 28 heavy (non-hydrogen) atoms. The van der Waals surface area contributed by atoms with Gasteiger partial charge in [0, 0.05) is 18.5 Å². The standard InChI is InChI=1S/C23H23N5/c1-14-11-18(14)21-22(17-7-5-4-6-8-17)27-28(3)23(21)15(2)26-20-12-16(13-24)9-10-19(20)25/h4-5,7,9-12,14,26H,2,6,8,25H2,1,3H3. The van der Waals surface area contributed by atoms with Crippen LogP contribution in [0.15, 0.2) is 49.1 Å². The molecule has 0 saturated carbocycles. The molecule has 1 aromatic heterocycles. The van der Waals surface area contributed by atoms with Crippen molar-refractivity contribution < 1.29 is 0 Å². The van der Waals surface area contributed by atoms with Gasteiger partial charge in [0.25, 0.3) is 0 Å². The fourth-order valence-corrected chi connectivity index (χ4v) is 3.66. The second-order valence-electron chi connectivity index (χ2n) is 7.28. The number of nitrogens with two attached hydrogens (primary N) is 1. The average molecular weight is 369 g/mol. The van der Waals surface area contributed by atoms with Crippen molar-refractivity contribution in [2.75, 3.05) is 11.1 Å². The molecule has 2 aromatic rings. The van der Waals surface area contributed by atoms with Crippen molar-refractivity contribution in [2.45, 2.75) is 19.8 Å². The van der Waals surface area contributed by atoms with Crippen LogP contribution in [0.2, 0.25) is 0 Å². The number of aryl methyl sites for hydroxylation is 1. The van der Waals surface area contributed by atoms with E-state index in [4.69, 9.17) is 10.8 Å². The van der Waals surface area contributed by atoms with Gasteiger partial charge < -0.3 is 11.1 Å². The minimum atomic E-state index is 0.446. The van der Waals surface area contributed by atoms with Crippen molar-refractivity contribution in [3.8, 4) is 6.07 Å². The highest BCUT2D eigenvalue weighted by molar-refractivity contribution is 5.94. The lowest BCUT2D eigenvalue weighted by molar-refractivity contribution is 0.750. The minimum absolute atomic E-state index is 0.446. The average Bonchev–Trinajstić information content (AvgIpc) is 3.31. The molecule has 0 fully saturated rings. The lowest BCUT2D eigenvalue weighted by Crippen LogP contribution is -2.07. The second-order valence-corrected chi connectivity index (χ2v) is 7.28. The van der Waals surface area contributed by atoms with Gasteiger partial charge in [-0.25, -0.2) is 0 Å². The van der Waals surface area contributed by atoms with E-state index in [1.807, 2.05) is 11.7 Å². The van der Waals surface area contributed by atoms with Crippen molar-refractivity contribution in [3.63, 3.8) is 0 Å². The molecule has 1 atom stereocenters. The molecule has 1 aromatic carbocycles. The Hall–Kier alpha value is -3.52. The van der Waals surface area contributed by atoms with Crippen LogP contribution in [-0.4, -0.2) is 9.78 Å². The molecule has 0 spiro atoms. The zero-order valence-corrected chi connectivity index (χ0v) is 16.2. The zero-order valence-electron chi connectivity index (χ0n) is 16.2. The van der Waals surface area contributed by atoms with Gasteiger partial charge >= 0.3 is 0 Å². The topological polar surface area (TPSA) is 79.7 Å². The number of nitrogens with zero attached hydrogens (tertiary/aromatic N) is 3. The van der Waals surface area contributed by atoms with Gasteiger partial charge in [0.15, 0.2) is 0 Å². The number of anilines is 2. The second kappa shape index (κ2) is 6.90. The largest absolute Gasteiger partial charge is 0.397 e. The monoisotopic (exact) mass is 369 g/mol. The van der Waals surface area contributed by atoms with Crippen LogP contribution in [0.4, 0.5) is 11.4 Å². The Labute approximate surface area is 165 Å². The molecular formula is C23H23N5. The van der Waals surface area contributed by atoms with Gasteiger partial charge in [0.2, 0.25) is 0 Å². The number of aromatic nitrogens is 2. The number of rotatable bonds is 5. The molecule has 0 saturated heterocycles. The van der Waals surface area contributed by atoms with E-state index in [-0.39, 0.29) is 0 Å². The summed E-state index contributed by atoms with van der Waals surface area (Å²) in [6.45, 7) is 6.45. The van der Waals surface area contributed by atoms with Gasteiger partial charge in [-0.2, -0.15) is 10.4 Å². The number of allylic oxidation sites excluding steroid dienone is 6. The van der Waals surface area contributed by atoms with Crippen LogP contribution in [0.25, 0.3) is 16.8 Å². The first-order valence-electron chi connectivity index (χ1n) is 9.40. The van der Waals surface area contributed by atoms with Crippen LogP contribution >= 0.6 is 0 Å². The van der Waals surface area contributed by atoms with Crippen LogP contribution in [0.5, 0.6) is 0 Å². The molecule has 2 aliphatic carbocycles. The van der Waals surface area contributed by atoms with E-state index in [1.165, 1.54) is 11.1 Å². The zero-order chi connectivity index (χ0) is 19.8. The molecule has 0 bridgehead atoms. The lowest BCUT2D eigenvalue weighted by atomic mass is 9.95. The summed E-state index contributed by atoms with van der Waals surface area (Å²) in [5, 5.41) is 17.3. The molecular weight excluding hydrogens is 346 g/mol. The van der Waals surface area contributed by atoms with Crippen LogP contribution in [0, 0.1) is 17.2 Å². The first-order valence-corrected chi connectivity index (χ1v) is 9.40. The number of nitrogens with one attached hydrogen (secondary N) is 1. The molecule has 5 nitrogen and oxygen atoms in total. The van der Waals surface area contributed by atoms with E-state index in [1.54, 1.807) is 18.2 Å². The normalized spacial score (nSPS) is 17.5.